The number of halogens is 1. The van der Waals surface area contributed by atoms with Crippen LogP contribution >= 0.6 is 23.1 Å². The van der Waals surface area contributed by atoms with Crippen molar-refractivity contribution < 1.29 is 23.5 Å². The number of aromatic nitrogens is 1. The van der Waals surface area contributed by atoms with Gasteiger partial charge in [-0.1, -0.05) is 42.5 Å². The number of benzene rings is 4. The first-order chi connectivity index (χ1) is 22.8. The number of hydrogen-bond donors (Lipinski definition) is 3. The van der Waals surface area contributed by atoms with Crippen molar-refractivity contribution in [2.24, 2.45) is 0 Å². The summed E-state index contributed by atoms with van der Waals surface area (Å²) in [6.07, 6.45) is 1.29. The third kappa shape index (κ3) is 9.15. The van der Waals surface area contributed by atoms with E-state index in [1.807, 2.05) is 42.6 Å². The molecule has 1 atom stereocenters. The topological polar surface area (TPSA) is 109 Å². The molecule has 8 nitrogen and oxygen atoms in total. The monoisotopic (exact) mass is 666 g/mol. The SMILES string of the molecule is CCOc1ccc(-c2csc(NC(=O)C(C)Sc3cccc(NC(=O)/C(=C/c4ccccc4F)NC(=O)c4ccccc4)c3)n2)cc1. The van der Waals surface area contributed by atoms with E-state index in [4.69, 9.17) is 4.74 Å². The Kier molecular flexibility index (Phi) is 11.2. The summed E-state index contributed by atoms with van der Waals surface area (Å²) in [6.45, 7) is 4.30. The van der Waals surface area contributed by atoms with Gasteiger partial charge in [0.1, 0.15) is 17.3 Å². The van der Waals surface area contributed by atoms with Gasteiger partial charge in [-0.2, -0.15) is 0 Å². The standard InChI is InChI=1S/C36H31FN4O4S2/c1-3-45-28-18-16-24(17-19-28)32-22-46-36(40-32)41-33(42)23(2)47-29-14-9-13-27(21-29)38-35(44)31(20-26-12-7-8-15-30(26)37)39-34(43)25-10-5-4-6-11-25/h4-23H,3H2,1-2H3,(H,38,44)(H,39,43)(H,40,41,42)/b31-20-. The van der Waals surface area contributed by atoms with Crippen molar-refractivity contribution >= 4 is 57.7 Å². The molecular formula is C36H31FN4O4S2. The zero-order valence-electron chi connectivity index (χ0n) is 25.5. The third-order valence-electron chi connectivity index (χ3n) is 6.70. The Labute approximate surface area is 280 Å². The number of thioether (sulfide) groups is 1. The molecule has 47 heavy (non-hydrogen) atoms. The summed E-state index contributed by atoms with van der Waals surface area (Å²) < 4.78 is 20.0. The molecule has 0 fully saturated rings. The van der Waals surface area contributed by atoms with Gasteiger partial charge in [0.05, 0.1) is 17.6 Å². The van der Waals surface area contributed by atoms with E-state index >= 15 is 0 Å². The fraction of sp³-hybridized carbons (Fsp3) is 0.111. The lowest BCUT2D eigenvalue weighted by Gasteiger charge is -2.14. The maximum absolute atomic E-state index is 14.5. The molecule has 5 aromatic rings. The Morgan fingerprint density at radius 1 is 0.936 bits per heavy atom. The van der Waals surface area contributed by atoms with Crippen molar-refractivity contribution in [3.05, 3.63) is 131 Å². The lowest BCUT2D eigenvalue weighted by molar-refractivity contribution is -0.115. The van der Waals surface area contributed by atoms with Crippen LogP contribution in [0.2, 0.25) is 0 Å². The van der Waals surface area contributed by atoms with Crippen molar-refractivity contribution in [2.45, 2.75) is 24.0 Å². The predicted molar refractivity (Wildman–Crippen MR) is 186 cm³/mol. The van der Waals surface area contributed by atoms with E-state index in [0.29, 0.717) is 23.0 Å². The first-order valence-electron chi connectivity index (χ1n) is 14.7. The number of ether oxygens (including phenoxy) is 1. The average molecular weight is 667 g/mol. The molecule has 1 aromatic heterocycles. The summed E-state index contributed by atoms with van der Waals surface area (Å²) in [5.41, 5.74) is 2.44. The minimum Gasteiger partial charge on any atom is -0.494 e. The van der Waals surface area contributed by atoms with Gasteiger partial charge in [-0.05, 0) is 80.6 Å². The lowest BCUT2D eigenvalue weighted by Crippen LogP contribution is -2.30. The van der Waals surface area contributed by atoms with Crippen LogP contribution in [0.15, 0.2) is 119 Å². The van der Waals surface area contributed by atoms with Crippen LogP contribution in [-0.4, -0.2) is 34.6 Å². The van der Waals surface area contributed by atoms with Crippen LogP contribution in [0, 0.1) is 5.82 Å². The first kappa shape index (κ1) is 33.1. The molecule has 0 saturated carbocycles. The maximum atomic E-state index is 14.5. The van der Waals surface area contributed by atoms with Gasteiger partial charge in [0, 0.05) is 32.7 Å². The van der Waals surface area contributed by atoms with Crippen molar-refractivity contribution in [1.82, 2.24) is 10.3 Å². The van der Waals surface area contributed by atoms with Crippen LogP contribution in [0.1, 0.15) is 29.8 Å². The Bertz CT molecular complexity index is 1890. The van der Waals surface area contributed by atoms with E-state index in [1.54, 1.807) is 61.5 Å². The summed E-state index contributed by atoms with van der Waals surface area (Å²) in [5.74, 6) is -1.14. The van der Waals surface area contributed by atoms with Gasteiger partial charge in [-0.3, -0.25) is 14.4 Å². The lowest BCUT2D eigenvalue weighted by atomic mass is 10.1. The fourth-order valence-electron chi connectivity index (χ4n) is 4.35. The van der Waals surface area contributed by atoms with Crippen LogP contribution in [0.4, 0.5) is 15.2 Å². The molecule has 0 spiro atoms. The number of hydrogen-bond acceptors (Lipinski definition) is 7. The van der Waals surface area contributed by atoms with Crippen molar-refractivity contribution in [3.63, 3.8) is 0 Å². The van der Waals surface area contributed by atoms with Crippen LogP contribution in [0.3, 0.4) is 0 Å². The highest BCUT2D eigenvalue weighted by molar-refractivity contribution is 8.00. The molecule has 238 valence electrons. The first-order valence-corrected chi connectivity index (χ1v) is 16.5. The maximum Gasteiger partial charge on any atom is 0.272 e. The van der Waals surface area contributed by atoms with Crippen LogP contribution in [0.5, 0.6) is 5.75 Å². The molecule has 4 aromatic carbocycles. The second kappa shape index (κ2) is 15.8. The van der Waals surface area contributed by atoms with Gasteiger partial charge in [0.2, 0.25) is 5.91 Å². The number of rotatable bonds is 12. The molecule has 0 aliphatic carbocycles. The molecule has 0 bridgehead atoms. The van der Waals surface area contributed by atoms with Gasteiger partial charge in [0.15, 0.2) is 5.13 Å². The minimum atomic E-state index is -0.641. The molecule has 11 heteroatoms. The highest BCUT2D eigenvalue weighted by Gasteiger charge is 2.19. The number of amides is 3. The number of nitrogens with one attached hydrogen (secondary N) is 3. The normalized spacial score (nSPS) is 11.8. The van der Waals surface area contributed by atoms with Crippen molar-refractivity contribution in [1.29, 1.82) is 0 Å². The summed E-state index contributed by atoms with van der Waals surface area (Å²) in [7, 11) is 0. The van der Waals surface area contributed by atoms with E-state index in [-0.39, 0.29) is 17.2 Å². The van der Waals surface area contributed by atoms with Crippen LogP contribution in [-0.2, 0) is 9.59 Å². The largest absolute Gasteiger partial charge is 0.494 e. The van der Waals surface area contributed by atoms with Gasteiger partial charge >= 0.3 is 0 Å². The molecule has 1 heterocycles. The molecule has 0 aliphatic rings. The molecule has 5 rings (SSSR count). The molecule has 0 aliphatic heterocycles. The molecule has 3 amide bonds. The van der Waals surface area contributed by atoms with E-state index in [9.17, 15) is 18.8 Å². The Morgan fingerprint density at radius 2 is 1.68 bits per heavy atom. The third-order valence-corrected chi connectivity index (χ3v) is 8.55. The van der Waals surface area contributed by atoms with Gasteiger partial charge in [-0.15, -0.1) is 23.1 Å². The highest BCUT2D eigenvalue weighted by Crippen LogP contribution is 2.29. The van der Waals surface area contributed by atoms with Crippen molar-refractivity contribution in [3.8, 4) is 17.0 Å². The zero-order chi connectivity index (χ0) is 33.2. The van der Waals surface area contributed by atoms with Crippen LogP contribution < -0.4 is 20.7 Å². The Hall–Kier alpha value is -5.26. The number of nitrogens with zero attached hydrogens (tertiary/aromatic N) is 1. The van der Waals surface area contributed by atoms with Crippen molar-refractivity contribution in [2.75, 3.05) is 17.2 Å². The van der Waals surface area contributed by atoms with E-state index in [0.717, 1.165) is 21.9 Å². The van der Waals surface area contributed by atoms with Gasteiger partial charge < -0.3 is 20.7 Å². The minimum absolute atomic E-state index is 0.136. The quantitative estimate of drug-likeness (QED) is 0.0924. The Balaban J connectivity index is 1.24. The number of anilines is 2. The summed E-state index contributed by atoms with van der Waals surface area (Å²) in [4.78, 5) is 44.6. The van der Waals surface area contributed by atoms with Gasteiger partial charge in [-0.25, -0.2) is 9.37 Å². The Morgan fingerprint density at radius 3 is 2.43 bits per heavy atom. The van der Waals surface area contributed by atoms with Gasteiger partial charge in [0.25, 0.3) is 11.8 Å². The van der Waals surface area contributed by atoms with E-state index in [1.165, 1.54) is 47.4 Å². The summed E-state index contributed by atoms with van der Waals surface area (Å²) in [6, 6.07) is 28.9. The molecule has 0 saturated heterocycles. The van der Waals surface area contributed by atoms with E-state index in [2.05, 4.69) is 20.9 Å². The molecule has 0 radical (unpaired) electrons. The van der Waals surface area contributed by atoms with Crippen LogP contribution in [0.25, 0.3) is 17.3 Å². The number of thiazole rings is 1. The van der Waals surface area contributed by atoms with E-state index < -0.39 is 22.9 Å². The zero-order valence-corrected chi connectivity index (χ0v) is 27.2. The smallest absolute Gasteiger partial charge is 0.272 e. The summed E-state index contributed by atoms with van der Waals surface area (Å²) in [5, 5.41) is 10.1. The highest BCUT2D eigenvalue weighted by atomic mass is 32.2. The molecular weight excluding hydrogens is 636 g/mol. The predicted octanol–water partition coefficient (Wildman–Crippen LogP) is 7.88. The summed E-state index contributed by atoms with van der Waals surface area (Å²) >= 11 is 2.65. The molecule has 1 unspecified atom stereocenters. The second-order valence-electron chi connectivity index (χ2n) is 10.1. The average Bonchev–Trinajstić information content (AvgIpc) is 3.54. The molecule has 3 N–H and O–H groups in total. The number of carbonyl (C=O) groups is 3. The number of carbonyl (C=O) groups excluding carboxylic acids is 3. The second-order valence-corrected chi connectivity index (χ2v) is 12.4. The fourth-order valence-corrected chi connectivity index (χ4v) is 6.00.